The largest absolute Gasteiger partial charge is 0.465 e. The zero-order valence-corrected chi connectivity index (χ0v) is 13.4. The SMILES string of the molecule is COC(=O)c1ccc(/C=C/C(=O)OCC(=O)N2CCOCC2)cc1. The number of nitrogens with zero attached hydrogens (tertiary/aromatic N) is 1. The van der Waals surface area contributed by atoms with Crippen LogP contribution < -0.4 is 0 Å². The van der Waals surface area contributed by atoms with Crippen molar-refractivity contribution in [3.05, 3.63) is 41.5 Å². The van der Waals surface area contributed by atoms with Crippen molar-refractivity contribution in [1.82, 2.24) is 4.90 Å². The molecule has 7 nitrogen and oxygen atoms in total. The molecule has 0 spiro atoms. The fourth-order valence-electron chi connectivity index (χ4n) is 2.10. The Labute approximate surface area is 139 Å². The molecule has 7 heteroatoms. The normalized spacial score (nSPS) is 14.5. The lowest BCUT2D eigenvalue weighted by Gasteiger charge is -2.26. The Balaban J connectivity index is 1.79. The first kappa shape index (κ1) is 17.7. The molecule has 24 heavy (non-hydrogen) atoms. The highest BCUT2D eigenvalue weighted by molar-refractivity contribution is 5.91. The highest BCUT2D eigenvalue weighted by Gasteiger charge is 2.17. The summed E-state index contributed by atoms with van der Waals surface area (Å²) in [5, 5.41) is 0. The van der Waals surface area contributed by atoms with Crippen molar-refractivity contribution in [3.63, 3.8) is 0 Å². The van der Waals surface area contributed by atoms with Crippen molar-refractivity contribution in [2.45, 2.75) is 0 Å². The standard InChI is InChI=1S/C17H19NO6/c1-22-17(21)14-5-2-13(3-6-14)4-7-16(20)24-12-15(19)18-8-10-23-11-9-18/h2-7H,8-12H2,1H3/b7-4+. The summed E-state index contributed by atoms with van der Waals surface area (Å²) in [7, 11) is 1.31. The summed E-state index contributed by atoms with van der Waals surface area (Å²) >= 11 is 0. The van der Waals surface area contributed by atoms with E-state index < -0.39 is 11.9 Å². The summed E-state index contributed by atoms with van der Waals surface area (Å²) in [5.41, 5.74) is 1.15. The smallest absolute Gasteiger partial charge is 0.337 e. The van der Waals surface area contributed by atoms with Gasteiger partial charge in [-0.25, -0.2) is 9.59 Å². The lowest BCUT2D eigenvalue weighted by molar-refractivity contribution is -0.150. The molecule has 1 heterocycles. The molecule has 0 aliphatic carbocycles. The van der Waals surface area contributed by atoms with Crippen molar-refractivity contribution < 1.29 is 28.6 Å². The van der Waals surface area contributed by atoms with E-state index >= 15 is 0 Å². The van der Waals surface area contributed by atoms with E-state index in [1.807, 2.05) is 0 Å². The predicted molar refractivity (Wildman–Crippen MR) is 85.2 cm³/mol. The zero-order chi connectivity index (χ0) is 17.4. The Morgan fingerprint density at radius 1 is 1.17 bits per heavy atom. The molecule has 0 aromatic heterocycles. The van der Waals surface area contributed by atoms with Crippen LogP contribution in [0.1, 0.15) is 15.9 Å². The lowest BCUT2D eigenvalue weighted by atomic mass is 10.1. The molecule has 1 amide bonds. The number of carbonyl (C=O) groups excluding carboxylic acids is 3. The number of esters is 2. The minimum atomic E-state index is -0.603. The van der Waals surface area contributed by atoms with Crippen molar-refractivity contribution in [3.8, 4) is 0 Å². The van der Waals surface area contributed by atoms with Gasteiger partial charge in [0.15, 0.2) is 6.61 Å². The molecule has 0 bridgehead atoms. The monoisotopic (exact) mass is 333 g/mol. The summed E-state index contributed by atoms with van der Waals surface area (Å²) in [5.74, 6) is -1.26. The zero-order valence-electron chi connectivity index (χ0n) is 13.4. The van der Waals surface area contributed by atoms with Crippen LogP contribution >= 0.6 is 0 Å². The Kier molecular flexibility index (Phi) is 6.51. The van der Waals surface area contributed by atoms with Crippen LogP contribution in [0, 0.1) is 0 Å². The number of methoxy groups -OCH3 is 1. The van der Waals surface area contributed by atoms with E-state index in [0.29, 0.717) is 31.9 Å². The highest BCUT2D eigenvalue weighted by atomic mass is 16.5. The van der Waals surface area contributed by atoms with E-state index in [4.69, 9.17) is 9.47 Å². The van der Waals surface area contributed by atoms with Gasteiger partial charge in [0.05, 0.1) is 25.9 Å². The topological polar surface area (TPSA) is 82.1 Å². The van der Waals surface area contributed by atoms with E-state index in [1.54, 1.807) is 35.2 Å². The fourth-order valence-corrected chi connectivity index (χ4v) is 2.10. The third-order valence-corrected chi connectivity index (χ3v) is 3.45. The average Bonchev–Trinajstić information content (AvgIpc) is 2.64. The number of rotatable bonds is 5. The van der Waals surface area contributed by atoms with E-state index in [-0.39, 0.29) is 12.5 Å². The van der Waals surface area contributed by atoms with E-state index in [1.165, 1.54) is 13.2 Å². The minimum absolute atomic E-state index is 0.234. The van der Waals surface area contributed by atoms with Gasteiger partial charge in [-0.05, 0) is 23.8 Å². The van der Waals surface area contributed by atoms with E-state index in [9.17, 15) is 14.4 Å². The highest BCUT2D eigenvalue weighted by Crippen LogP contribution is 2.07. The molecule has 0 unspecified atom stereocenters. The second-order valence-corrected chi connectivity index (χ2v) is 5.05. The van der Waals surface area contributed by atoms with Gasteiger partial charge in [0.1, 0.15) is 0 Å². The van der Waals surface area contributed by atoms with Crippen molar-refractivity contribution in [2.24, 2.45) is 0 Å². The maximum Gasteiger partial charge on any atom is 0.337 e. The molecule has 2 rings (SSSR count). The molecule has 1 aliphatic rings. The first-order valence-corrected chi connectivity index (χ1v) is 7.49. The van der Waals surface area contributed by atoms with Gasteiger partial charge >= 0.3 is 11.9 Å². The lowest BCUT2D eigenvalue weighted by Crippen LogP contribution is -2.42. The number of morpholine rings is 1. The summed E-state index contributed by atoms with van der Waals surface area (Å²) in [6.07, 6.45) is 2.78. The first-order chi connectivity index (χ1) is 11.6. The van der Waals surface area contributed by atoms with Crippen molar-refractivity contribution in [1.29, 1.82) is 0 Å². The third-order valence-electron chi connectivity index (χ3n) is 3.45. The molecule has 1 aromatic rings. The molecule has 1 fully saturated rings. The number of carbonyl (C=O) groups is 3. The van der Waals surface area contributed by atoms with Gasteiger partial charge in [0.25, 0.3) is 5.91 Å². The molecular weight excluding hydrogens is 314 g/mol. The molecule has 1 aliphatic heterocycles. The van der Waals surface area contributed by atoms with Crippen LogP contribution in [0.2, 0.25) is 0 Å². The summed E-state index contributed by atoms with van der Waals surface area (Å²) in [6.45, 7) is 1.74. The Hall–Kier alpha value is -2.67. The minimum Gasteiger partial charge on any atom is -0.465 e. The molecule has 0 radical (unpaired) electrons. The van der Waals surface area contributed by atoms with Gasteiger partial charge in [-0.3, -0.25) is 4.79 Å². The molecular formula is C17H19NO6. The molecule has 1 saturated heterocycles. The van der Waals surface area contributed by atoms with Crippen LogP contribution in [0.5, 0.6) is 0 Å². The van der Waals surface area contributed by atoms with Crippen LogP contribution in [0.25, 0.3) is 6.08 Å². The Bertz CT molecular complexity index is 616. The molecule has 0 saturated carbocycles. The quantitative estimate of drug-likeness (QED) is 0.588. The molecule has 0 N–H and O–H groups in total. The van der Waals surface area contributed by atoms with Gasteiger partial charge in [0.2, 0.25) is 0 Å². The molecule has 128 valence electrons. The number of hydrogen-bond acceptors (Lipinski definition) is 6. The second kappa shape index (κ2) is 8.83. The van der Waals surface area contributed by atoms with Crippen LogP contribution in [0.3, 0.4) is 0 Å². The fraction of sp³-hybridized carbons (Fsp3) is 0.353. The van der Waals surface area contributed by atoms with Gasteiger partial charge in [-0.15, -0.1) is 0 Å². The molecule has 1 aromatic carbocycles. The number of benzene rings is 1. The van der Waals surface area contributed by atoms with E-state index in [2.05, 4.69) is 4.74 Å². The maximum atomic E-state index is 11.8. The number of hydrogen-bond donors (Lipinski definition) is 0. The second-order valence-electron chi connectivity index (χ2n) is 5.05. The summed E-state index contributed by atoms with van der Waals surface area (Å²) in [4.78, 5) is 36.4. The van der Waals surface area contributed by atoms with Crippen molar-refractivity contribution >= 4 is 23.9 Å². The number of amides is 1. The maximum absolute atomic E-state index is 11.8. The Morgan fingerprint density at radius 3 is 2.46 bits per heavy atom. The van der Waals surface area contributed by atoms with Crippen LogP contribution in [0.15, 0.2) is 30.3 Å². The van der Waals surface area contributed by atoms with E-state index in [0.717, 1.165) is 5.56 Å². The van der Waals surface area contributed by atoms with Crippen molar-refractivity contribution in [2.75, 3.05) is 40.0 Å². The number of ether oxygens (including phenoxy) is 3. The predicted octanol–water partition coefficient (Wildman–Crippen LogP) is 0.888. The van der Waals surface area contributed by atoms with Crippen LogP contribution in [0.4, 0.5) is 0 Å². The van der Waals surface area contributed by atoms with Gasteiger partial charge < -0.3 is 19.1 Å². The van der Waals surface area contributed by atoms with Crippen LogP contribution in [-0.2, 0) is 23.8 Å². The average molecular weight is 333 g/mol. The molecule has 0 atom stereocenters. The summed E-state index contributed by atoms with van der Waals surface area (Å²) < 4.78 is 14.7. The van der Waals surface area contributed by atoms with Gasteiger partial charge in [0, 0.05) is 19.2 Å². The first-order valence-electron chi connectivity index (χ1n) is 7.49. The van der Waals surface area contributed by atoms with Gasteiger partial charge in [-0.2, -0.15) is 0 Å². The summed E-state index contributed by atoms with van der Waals surface area (Å²) in [6, 6.07) is 6.54. The third kappa shape index (κ3) is 5.20. The van der Waals surface area contributed by atoms with Crippen LogP contribution in [-0.4, -0.2) is 62.8 Å². The Morgan fingerprint density at radius 2 is 1.83 bits per heavy atom. The van der Waals surface area contributed by atoms with Gasteiger partial charge in [-0.1, -0.05) is 12.1 Å².